The normalized spacial score (nSPS) is 17.8. The Morgan fingerprint density at radius 3 is 2.05 bits per heavy atom. The molecule has 16 heteroatoms. The number of amides is 1. The molecule has 1 unspecified atom stereocenters. The molecule has 0 radical (unpaired) electrons. The Kier molecular flexibility index (Phi) is 10.6. The molecule has 2 aliphatic rings. The summed E-state index contributed by atoms with van der Waals surface area (Å²) >= 11 is 0. The minimum absolute atomic E-state index is 0.0338. The van der Waals surface area contributed by atoms with Crippen molar-refractivity contribution in [1.82, 2.24) is 25.0 Å². The van der Waals surface area contributed by atoms with Crippen molar-refractivity contribution < 1.29 is 50.9 Å². The monoisotopic (exact) mass is 553 g/mol. The van der Waals surface area contributed by atoms with Gasteiger partial charge in [-0.2, -0.15) is 31.4 Å². The van der Waals surface area contributed by atoms with E-state index in [4.69, 9.17) is 19.8 Å². The third-order valence-corrected chi connectivity index (χ3v) is 5.64. The first kappa shape index (κ1) is 30.5. The summed E-state index contributed by atoms with van der Waals surface area (Å²) in [6.45, 7) is 2.15. The van der Waals surface area contributed by atoms with Gasteiger partial charge in [-0.05, 0) is 30.5 Å². The number of fused-ring (bicyclic) bond motifs is 1. The molecule has 210 valence electrons. The second-order valence-corrected chi connectivity index (χ2v) is 8.34. The van der Waals surface area contributed by atoms with Gasteiger partial charge in [-0.15, -0.1) is 0 Å². The average molecular weight is 553 g/mol. The number of nitrogens with one attached hydrogen (secondary N) is 1. The van der Waals surface area contributed by atoms with Gasteiger partial charge >= 0.3 is 24.3 Å². The second kappa shape index (κ2) is 13.2. The molecule has 1 aliphatic carbocycles. The van der Waals surface area contributed by atoms with Crippen LogP contribution in [0.15, 0.2) is 36.8 Å². The summed E-state index contributed by atoms with van der Waals surface area (Å²) in [7, 11) is 0. The van der Waals surface area contributed by atoms with Crippen molar-refractivity contribution in [3.8, 4) is 0 Å². The van der Waals surface area contributed by atoms with Crippen LogP contribution in [0.3, 0.4) is 0 Å². The van der Waals surface area contributed by atoms with Crippen molar-refractivity contribution >= 4 is 17.8 Å². The van der Waals surface area contributed by atoms with Crippen molar-refractivity contribution in [1.29, 1.82) is 0 Å². The van der Waals surface area contributed by atoms with Crippen molar-refractivity contribution in [3.05, 3.63) is 48.0 Å². The Hall–Kier alpha value is -3.69. The van der Waals surface area contributed by atoms with Crippen LogP contribution in [0.5, 0.6) is 0 Å². The molecule has 1 amide bonds. The van der Waals surface area contributed by atoms with E-state index in [9.17, 15) is 31.1 Å². The Labute approximate surface area is 212 Å². The molecule has 0 spiro atoms. The second-order valence-electron chi connectivity index (χ2n) is 8.34. The Balaban J connectivity index is 0.000000301. The predicted octanol–water partition coefficient (Wildman–Crippen LogP) is 3.16. The maximum Gasteiger partial charge on any atom is 0.490 e. The zero-order valence-corrected chi connectivity index (χ0v) is 19.7. The molecule has 2 aromatic heterocycles. The number of aromatic nitrogens is 3. The molecule has 1 aliphatic heterocycles. The van der Waals surface area contributed by atoms with Crippen molar-refractivity contribution in [2.75, 3.05) is 6.54 Å². The quantitative estimate of drug-likeness (QED) is 0.491. The standard InChI is InChI=1S/C18H23N5O.2C2HF3O2/c24-18(20-11-14-4-3-8-19-10-14)17-13-22(15-5-1-2-6-15)12-16-7-9-21-23(16)17;2*3-2(4,5)1(6)7/h3-4,7-10,15,17H,1-2,5-6,11-13H2,(H,20,24);2*(H,6,7). The van der Waals surface area contributed by atoms with E-state index in [1.807, 2.05) is 22.9 Å². The fraction of sp³-hybridized carbons (Fsp3) is 0.500. The number of rotatable bonds is 4. The number of alkyl halides is 6. The van der Waals surface area contributed by atoms with Crippen LogP contribution in [0, 0.1) is 0 Å². The van der Waals surface area contributed by atoms with Gasteiger partial charge in [0.1, 0.15) is 6.04 Å². The fourth-order valence-corrected chi connectivity index (χ4v) is 3.87. The lowest BCUT2D eigenvalue weighted by Crippen LogP contribution is -2.47. The number of carbonyl (C=O) groups excluding carboxylic acids is 1. The predicted molar refractivity (Wildman–Crippen MR) is 117 cm³/mol. The van der Waals surface area contributed by atoms with Gasteiger partial charge in [0, 0.05) is 44.3 Å². The van der Waals surface area contributed by atoms with E-state index in [0.717, 1.165) is 24.3 Å². The molecule has 0 bridgehead atoms. The van der Waals surface area contributed by atoms with Gasteiger partial charge in [-0.25, -0.2) is 9.59 Å². The lowest BCUT2D eigenvalue weighted by molar-refractivity contribution is -0.193. The molecular weight excluding hydrogens is 528 g/mol. The molecule has 1 fully saturated rings. The van der Waals surface area contributed by atoms with E-state index in [0.29, 0.717) is 12.6 Å². The van der Waals surface area contributed by atoms with Crippen molar-refractivity contribution in [2.45, 2.75) is 63.2 Å². The number of carbonyl (C=O) groups is 3. The van der Waals surface area contributed by atoms with Crippen LogP contribution < -0.4 is 5.32 Å². The fourth-order valence-electron chi connectivity index (χ4n) is 3.87. The first-order chi connectivity index (χ1) is 17.7. The van der Waals surface area contributed by atoms with E-state index in [-0.39, 0.29) is 11.9 Å². The minimum Gasteiger partial charge on any atom is -0.475 e. The summed E-state index contributed by atoms with van der Waals surface area (Å²) in [6.07, 6.45) is 0.259. The number of hydrogen-bond donors (Lipinski definition) is 3. The Morgan fingerprint density at radius 2 is 1.55 bits per heavy atom. The summed E-state index contributed by atoms with van der Waals surface area (Å²) in [5.41, 5.74) is 2.14. The molecule has 0 saturated heterocycles. The number of nitrogens with zero attached hydrogens (tertiary/aromatic N) is 4. The van der Waals surface area contributed by atoms with Crippen LogP contribution in [-0.4, -0.2) is 72.7 Å². The van der Waals surface area contributed by atoms with Gasteiger partial charge in [-0.3, -0.25) is 19.4 Å². The summed E-state index contributed by atoms with van der Waals surface area (Å²) in [5.74, 6) is -5.48. The van der Waals surface area contributed by atoms with Crippen LogP contribution >= 0.6 is 0 Å². The van der Waals surface area contributed by atoms with Crippen LogP contribution in [0.25, 0.3) is 0 Å². The Bertz CT molecular complexity index is 1050. The summed E-state index contributed by atoms with van der Waals surface area (Å²) < 4.78 is 65.4. The highest BCUT2D eigenvalue weighted by Crippen LogP contribution is 2.29. The Morgan fingerprint density at radius 1 is 0.974 bits per heavy atom. The number of carboxylic acid groups (broad SMARTS) is 2. The number of pyridine rings is 1. The average Bonchev–Trinajstić information content (AvgIpc) is 3.54. The van der Waals surface area contributed by atoms with Crippen LogP contribution in [0.2, 0.25) is 0 Å². The van der Waals surface area contributed by atoms with Crippen molar-refractivity contribution in [2.24, 2.45) is 0 Å². The maximum atomic E-state index is 12.8. The number of carboxylic acids is 2. The molecule has 0 aromatic carbocycles. The number of halogens is 6. The largest absolute Gasteiger partial charge is 0.490 e. The zero-order valence-electron chi connectivity index (χ0n) is 19.7. The SMILES string of the molecule is O=C(NCc1cccnc1)C1CN(C2CCCC2)Cc2ccnn21.O=C(O)C(F)(F)F.O=C(O)C(F)(F)F. The third kappa shape index (κ3) is 9.32. The van der Waals surface area contributed by atoms with Crippen LogP contribution in [0.1, 0.15) is 43.0 Å². The zero-order chi connectivity index (χ0) is 28.5. The van der Waals surface area contributed by atoms with Gasteiger partial charge in [-0.1, -0.05) is 18.9 Å². The lowest BCUT2D eigenvalue weighted by Gasteiger charge is -2.36. The highest BCUT2D eigenvalue weighted by atomic mass is 19.4. The highest BCUT2D eigenvalue weighted by Gasteiger charge is 2.39. The van der Waals surface area contributed by atoms with Gasteiger partial charge in [0.2, 0.25) is 5.91 Å². The molecule has 3 heterocycles. The highest BCUT2D eigenvalue weighted by molar-refractivity contribution is 5.80. The van der Waals surface area contributed by atoms with Gasteiger partial charge in [0.15, 0.2) is 0 Å². The first-order valence-corrected chi connectivity index (χ1v) is 11.2. The van der Waals surface area contributed by atoms with E-state index in [2.05, 4.69) is 20.3 Å². The molecule has 38 heavy (non-hydrogen) atoms. The lowest BCUT2D eigenvalue weighted by atomic mass is 10.1. The van der Waals surface area contributed by atoms with Gasteiger partial charge in [0.05, 0.1) is 5.69 Å². The van der Waals surface area contributed by atoms with Crippen LogP contribution in [-0.2, 0) is 27.5 Å². The van der Waals surface area contributed by atoms with Gasteiger partial charge in [0.25, 0.3) is 0 Å². The third-order valence-electron chi connectivity index (χ3n) is 5.64. The molecule has 2 aromatic rings. The molecule has 1 atom stereocenters. The molecule has 3 N–H and O–H groups in total. The number of aliphatic carboxylic acids is 2. The van der Waals surface area contributed by atoms with Crippen molar-refractivity contribution in [3.63, 3.8) is 0 Å². The van der Waals surface area contributed by atoms with E-state index in [1.54, 1.807) is 18.6 Å². The minimum atomic E-state index is -5.08. The summed E-state index contributed by atoms with van der Waals surface area (Å²) in [4.78, 5) is 37.1. The first-order valence-electron chi connectivity index (χ1n) is 11.2. The topological polar surface area (TPSA) is 138 Å². The van der Waals surface area contributed by atoms with Crippen LogP contribution in [0.4, 0.5) is 26.3 Å². The molecule has 1 saturated carbocycles. The number of hydrogen-bond acceptors (Lipinski definition) is 6. The molecular formula is C22H25F6N5O5. The van der Waals surface area contributed by atoms with E-state index < -0.39 is 24.3 Å². The molecule has 4 rings (SSSR count). The maximum absolute atomic E-state index is 12.8. The van der Waals surface area contributed by atoms with Gasteiger partial charge < -0.3 is 15.5 Å². The van der Waals surface area contributed by atoms with E-state index >= 15 is 0 Å². The summed E-state index contributed by atoms with van der Waals surface area (Å²) in [6, 6.07) is 6.25. The summed E-state index contributed by atoms with van der Waals surface area (Å²) in [5, 5.41) is 21.7. The van der Waals surface area contributed by atoms with E-state index in [1.165, 1.54) is 25.7 Å². The molecule has 10 nitrogen and oxygen atoms in total. The smallest absolute Gasteiger partial charge is 0.475 e.